The van der Waals surface area contributed by atoms with Crippen LogP contribution in [0.15, 0.2) is 36.4 Å². The number of halogens is 1. The maximum atomic E-state index is 13.1. The molecule has 2 amide bonds. The van der Waals surface area contributed by atoms with Gasteiger partial charge >= 0.3 is 0 Å². The second-order valence-corrected chi connectivity index (χ2v) is 9.80. The molecule has 8 nitrogen and oxygen atoms in total. The summed E-state index contributed by atoms with van der Waals surface area (Å²) < 4.78 is 16.9. The van der Waals surface area contributed by atoms with E-state index in [9.17, 15) is 9.59 Å². The zero-order valence-electron chi connectivity index (χ0n) is 22.2. The van der Waals surface area contributed by atoms with E-state index in [0.29, 0.717) is 40.8 Å². The van der Waals surface area contributed by atoms with E-state index in [4.69, 9.17) is 25.8 Å². The molecule has 198 valence electrons. The maximum Gasteiger partial charge on any atom is 0.252 e. The smallest absolute Gasteiger partial charge is 0.252 e. The average molecular weight is 520 g/mol. The first-order chi connectivity index (χ1) is 17.0. The number of nitrogens with zero attached hydrogens (tertiary/aromatic N) is 1. The highest BCUT2D eigenvalue weighted by atomic mass is 35.5. The molecule has 0 heterocycles. The van der Waals surface area contributed by atoms with E-state index in [-0.39, 0.29) is 18.1 Å². The summed E-state index contributed by atoms with van der Waals surface area (Å²) in [4.78, 5) is 28.1. The second kappa shape index (κ2) is 13.4. The van der Waals surface area contributed by atoms with Crippen molar-refractivity contribution in [2.24, 2.45) is 0 Å². The van der Waals surface area contributed by atoms with E-state index in [0.717, 1.165) is 12.0 Å². The Kier molecular flexibility index (Phi) is 10.9. The number of benzene rings is 2. The number of nitrogens with one attached hydrogen (secondary N) is 2. The molecule has 0 fully saturated rings. The number of ether oxygens (including phenoxy) is 3. The summed E-state index contributed by atoms with van der Waals surface area (Å²) in [6.45, 7) is 6.76. The first-order valence-corrected chi connectivity index (χ1v) is 12.3. The van der Waals surface area contributed by atoms with Crippen molar-refractivity contribution in [3.63, 3.8) is 0 Å². The molecule has 0 aliphatic heterocycles. The summed E-state index contributed by atoms with van der Waals surface area (Å²) in [6.07, 6.45) is 1.25. The Morgan fingerprint density at radius 3 is 2.14 bits per heavy atom. The van der Waals surface area contributed by atoms with Gasteiger partial charge in [0.05, 0.1) is 14.2 Å². The summed E-state index contributed by atoms with van der Waals surface area (Å²) in [5.74, 6) is 0.439. The van der Waals surface area contributed by atoms with Crippen LogP contribution in [0.3, 0.4) is 0 Å². The van der Waals surface area contributed by atoms with Crippen LogP contribution in [0.25, 0.3) is 0 Å². The number of likely N-dealkylation sites (N-methyl/N-ethyl adjacent to an activating group) is 1. The fraction of sp³-hybridized carbons (Fsp3) is 0.481. The van der Waals surface area contributed by atoms with Gasteiger partial charge in [0.1, 0.15) is 12.6 Å². The Labute approximate surface area is 219 Å². The van der Waals surface area contributed by atoms with Crippen molar-refractivity contribution in [1.29, 1.82) is 0 Å². The van der Waals surface area contributed by atoms with Crippen molar-refractivity contribution in [3.8, 4) is 17.2 Å². The first kappa shape index (κ1) is 29.3. The molecule has 2 aromatic carbocycles. The van der Waals surface area contributed by atoms with Crippen molar-refractivity contribution in [2.45, 2.75) is 51.8 Å². The van der Waals surface area contributed by atoms with Crippen molar-refractivity contribution in [1.82, 2.24) is 15.5 Å². The van der Waals surface area contributed by atoms with Gasteiger partial charge < -0.3 is 29.7 Å². The fourth-order valence-electron chi connectivity index (χ4n) is 3.27. The van der Waals surface area contributed by atoms with Gasteiger partial charge in [-0.1, -0.05) is 37.1 Å². The molecule has 2 N–H and O–H groups in total. The summed E-state index contributed by atoms with van der Waals surface area (Å²) in [6, 6.07) is 9.77. The van der Waals surface area contributed by atoms with Gasteiger partial charge in [-0.15, -0.1) is 0 Å². The average Bonchev–Trinajstić information content (AvgIpc) is 2.85. The highest BCUT2D eigenvalue weighted by Gasteiger charge is 2.26. The van der Waals surface area contributed by atoms with Crippen LogP contribution in [0.4, 0.5) is 0 Å². The molecule has 0 saturated heterocycles. The summed E-state index contributed by atoms with van der Waals surface area (Å²) in [5, 5.41) is 6.46. The predicted molar refractivity (Wildman–Crippen MR) is 142 cm³/mol. The molecule has 2 aromatic rings. The van der Waals surface area contributed by atoms with E-state index in [1.54, 1.807) is 24.3 Å². The van der Waals surface area contributed by atoms with E-state index in [2.05, 4.69) is 10.6 Å². The molecule has 0 aliphatic carbocycles. The quantitative estimate of drug-likeness (QED) is 0.410. The largest absolute Gasteiger partial charge is 0.493 e. The lowest BCUT2D eigenvalue weighted by Crippen LogP contribution is -2.53. The van der Waals surface area contributed by atoms with E-state index < -0.39 is 11.9 Å². The number of carbonyl (C=O) groups is 2. The third kappa shape index (κ3) is 8.03. The van der Waals surface area contributed by atoms with Crippen molar-refractivity contribution < 1.29 is 23.8 Å². The standard InChI is InChI=1S/C27H38ClN3O5/c1-8-9-21(26(33)29-17-27(2,3)31(4)5)30-25(32)19-14-22(34-6)24(23(15-19)35-7)36-16-18-10-12-20(28)13-11-18/h10-15,21H,8-9,16-17H2,1-7H3,(H,29,33)(H,30,32)/t21-/m0/s1. The van der Waals surface area contributed by atoms with Crippen LogP contribution < -0.4 is 24.8 Å². The molecule has 0 bridgehead atoms. The van der Waals surface area contributed by atoms with E-state index in [1.807, 2.05) is 51.9 Å². The van der Waals surface area contributed by atoms with Crippen molar-refractivity contribution >= 4 is 23.4 Å². The maximum absolute atomic E-state index is 13.1. The number of carbonyl (C=O) groups excluding carboxylic acids is 2. The molecule has 0 radical (unpaired) electrons. The van der Waals surface area contributed by atoms with Crippen molar-refractivity contribution in [3.05, 3.63) is 52.5 Å². The van der Waals surface area contributed by atoms with Gasteiger partial charge in [-0.05, 0) is 64.2 Å². The fourth-order valence-corrected chi connectivity index (χ4v) is 3.40. The van der Waals surface area contributed by atoms with Gasteiger partial charge in [-0.25, -0.2) is 0 Å². The molecule has 0 unspecified atom stereocenters. The molecular weight excluding hydrogens is 482 g/mol. The SMILES string of the molecule is CCC[C@H](NC(=O)c1cc(OC)c(OCc2ccc(Cl)cc2)c(OC)c1)C(=O)NCC(C)(C)N(C)C. The highest BCUT2D eigenvalue weighted by molar-refractivity contribution is 6.30. The number of rotatable bonds is 13. The van der Waals surface area contributed by atoms with Crippen LogP contribution in [0.1, 0.15) is 49.5 Å². The minimum absolute atomic E-state index is 0.220. The van der Waals surface area contributed by atoms with Crippen LogP contribution in [0.2, 0.25) is 5.02 Å². The Morgan fingerprint density at radius 2 is 1.64 bits per heavy atom. The van der Waals surface area contributed by atoms with Crippen LogP contribution in [-0.4, -0.2) is 63.2 Å². The Hall–Kier alpha value is -2.97. The first-order valence-electron chi connectivity index (χ1n) is 11.9. The van der Waals surface area contributed by atoms with Gasteiger partial charge in [0, 0.05) is 22.7 Å². The van der Waals surface area contributed by atoms with Crippen LogP contribution in [-0.2, 0) is 11.4 Å². The molecule has 36 heavy (non-hydrogen) atoms. The predicted octanol–water partition coefficient (Wildman–Crippen LogP) is 4.29. The Balaban J connectivity index is 2.19. The number of hydrogen-bond donors (Lipinski definition) is 2. The molecule has 9 heteroatoms. The van der Waals surface area contributed by atoms with Gasteiger partial charge in [0.25, 0.3) is 5.91 Å². The monoisotopic (exact) mass is 519 g/mol. The molecule has 0 saturated carbocycles. The van der Waals surface area contributed by atoms with E-state index >= 15 is 0 Å². The van der Waals surface area contributed by atoms with Gasteiger partial charge in [-0.3, -0.25) is 9.59 Å². The molecular formula is C27H38ClN3O5. The van der Waals surface area contributed by atoms with Crippen LogP contribution in [0, 0.1) is 0 Å². The zero-order chi connectivity index (χ0) is 26.9. The molecule has 1 atom stereocenters. The number of hydrogen-bond acceptors (Lipinski definition) is 6. The Morgan fingerprint density at radius 1 is 1.06 bits per heavy atom. The van der Waals surface area contributed by atoms with Crippen LogP contribution in [0.5, 0.6) is 17.2 Å². The number of methoxy groups -OCH3 is 2. The lowest BCUT2D eigenvalue weighted by molar-refractivity contribution is -0.123. The summed E-state index contributed by atoms with van der Waals surface area (Å²) in [5.41, 5.74) is 0.986. The third-order valence-electron chi connectivity index (χ3n) is 6.12. The lowest BCUT2D eigenvalue weighted by atomic mass is 10.0. The molecule has 2 rings (SSSR count). The second-order valence-electron chi connectivity index (χ2n) is 9.36. The Bertz CT molecular complexity index is 1000. The topological polar surface area (TPSA) is 89.1 Å². The number of amides is 2. The highest BCUT2D eigenvalue weighted by Crippen LogP contribution is 2.39. The van der Waals surface area contributed by atoms with Crippen molar-refractivity contribution in [2.75, 3.05) is 34.9 Å². The van der Waals surface area contributed by atoms with Crippen LogP contribution >= 0.6 is 11.6 Å². The molecule has 0 aliphatic rings. The van der Waals surface area contributed by atoms with E-state index in [1.165, 1.54) is 14.2 Å². The lowest BCUT2D eigenvalue weighted by Gasteiger charge is -2.33. The molecule has 0 spiro atoms. The van der Waals surface area contributed by atoms with Gasteiger partial charge in [0.15, 0.2) is 11.5 Å². The zero-order valence-corrected chi connectivity index (χ0v) is 23.0. The third-order valence-corrected chi connectivity index (χ3v) is 6.38. The molecule has 0 aromatic heterocycles. The summed E-state index contributed by atoms with van der Waals surface area (Å²) in [7, 11) is 6.90. The minimum Gasteiger partial charge on any atom is -0.493 e. The summed E-state index contributed by atoms with van der Waals surface area (Å²) >= 11 is 5.95. The normalized spacial score (nSPS) is 12.1. The minimum atomic E-state index is -0.668. The van der Waals surface area contributed by atoms with Gasteiger partial charge in [-0.2, -0.15) is 0 Å². The van der Waals surface area contributed by atoms with Gasteiger partial charge in [0.2, 0.25) is 11.7 Å².